The van der Waals surface area contributed by atoms with Crippen LogP contribution in [0.4, 0.5) is 8.78 Å². The fourth-order valence-electron chi connectivity index (χ4n) is 2.12. The van der Waals surface area contributed by atoms with Crippen LogP contribution in [0.1, 0.15) is 39.0 Å². The number of amides is 1. The Hall–Kier alpha value is -1.00. The SMILES string of the molecule is CCC1=NC2(CCC(F)(F)CC2)C(=O)N1. The van der Waals surface area contributed by atoms with Crippen LogP contribution in [0.2, 0.25) is 0 Å². The van der Waals surface area contributed by atoms with Crippen molar-refractivity contribution in [1.82, 2.24) is 5.32 Å². The van der Waals surface area contributed by atoms with Crippen molar-refractivity contribution in [2.24, 2.45) is 4.99 Å². The second-order valence-corrected chi connectivity index (χ2v) is 4.25. The minimum Gasteiger partial charge on any atom is -0.312 e. The molecule has 84 valence electrons. The van der Waals surface area contributed by atoms with Gasteiger partial charge >= 0.3 is 0 Å². The number of carbonyl (C=O) groups is 1. The standard InChI is InChI=1S/C10H14F2N2O/c1-2-7-13-8(15)9(14-7)3-5-10(11,12)6-4-9/h2-6H2,1H3,(H,13,14,15). The summed E-state index contributed by atoms with van der Waals surface area (Å²) in [5.74, 6) is -2.18. The van der Waals surface area contributed by atoms with E-state index in [4.69, 9.17) is 0 Å². The van der Waals surface area contributed by atoms with Crippen molar-refractivity contribution in [2.75, 3.05) is 0 Å². The van der Waals surface area contributed by atoms with E-state index >= 15 is 0 Å². The molecule has 1 fully saturated rings. The Bertz CT molecular complexity index is 315. The van der Waals surface area contributed by atoms with Gasteiger partial charge in [0.15, 0.2) is 0 Å². The maximum Gasteiger partial charge on any atom is 0.253 e. The van der Waals surface area contributed by atoms with E-state index in [9.17, 15) is 13.6 Å². The zero-order chi connectivity index (χ0) is 11.1. The summed E-state index contributed by atoms with van der Waals surface area (Å²) in [4.78, 5) is 15.9. The molecular formula is C10H14F2N2O. The second kappa shape index (κ2) is 3.25. The zero-order valence-electron chi connectivity index (χ0n) is 8.65. The predicted molar refractivity (Wildman–Crippen MR) is 52.0 cm³/mol. The lowest BCUT2D eigenvalue weighted by atomic mass is 9.80. The van der Waals surface area contributed by atoms with Crippen LogP contribution < -0.4 is 5.32 Å². The fraction of sp³-hybridized carbons (Fsp3) is 0.800. The van der Waals surface area contributed by atoms with Gasteiger partial charge in [-0.15, -0.1) is 0 Å². The Morgan fingerprint density at radius 2 is 1.93 bits per heavy atom. The lowest BCUT2D eigenvalue weighted by molar-refractivity contribution is -0.128. The van der Waals surface area contributed by atoms with Crippen molar-refractivity contribution in [3.05, 3.63) is 0 Å². The number of aliphatic imine (C=N–C) groups is 1. The van der Waals surface area contributed by atoms with Gasteiger partial charge in [-0.3, -0.25) is 9.79 Å². The summed E-state index contributed by atoms with van der Waals surface area (Å²) in [5, 5.41) is 2.66. The first-order chi connectivity index (χ1) is 6.97. The summed E-state index contributed by atoms with van der Waals surface area (Å²) in [6.07, 6.45) is 0.496. The highest BCUT2D eigenvalue weighted by atomic mass is 19.3. The van der Waals surface area contributed by atoms with Gasteiger partial charge in [0.2, 0.25) is 5.92 Å². The molecule has 1 spiro atoms. The monoisotopic (exact) mass is 216 g/mol. The first kappa shape index (κ1) is 10.5. The zero-order valence-corrected chi connectivity index (χ0v) is 8.65. The van der Waals surface area contributed by atoms with E-state index in [-0.39, 0.29) is 31.6 Å². The molecule has 1 aliphatic heterocycles. The smallest absolute Gasteiger partial charge is 0.253 e. The normalized spacial score (nSPS) is 27.7. The topological polar surface area (TPSA) is 41.5 Å². The maximum absolute atomic E-state index is 13.0. The molecule has 2 rings (SSSR count). The molecule has 0 saturated heterocycles. The van der Waals surface area contributed by atoms with Gasteiger partial charge in [-0.2, -0.15) is 0 Å². The quantitative estimate of drug-likeness (QED) is 0.714. The van der Waals surface area contributed by atoms with Gasteiger partial charge in [-0.25, -0.2) is 8.78 Å². The van der Waals surface area contributed by atoms with Gasteiger partial charge in [-0.05, 0) is 12.8 Å². The van der Waals surface area contributed by atoms with Crippen molar-refractivity contribution < 1.29 is 13.6 Å². The molecule has 3 nitrogen and oxygen atoms in total. The summed E-state index contributed by atoms with van der Waals surface area (Å²) in [6.45, 7) is 1.88. The third kappa shape index (κ3) is 1.75. The largest absolute Gasteiger partial charge is 0.312 e. The van der Waals surface area contributed by atoms with Crippen molar-refractivity contribution in [1.29, 1.82) is 0 Å². The third-order valence-corrected chi connectivity index (χ3v) is 3.17. The molecule has 0 bridgehead atoms. The summed E-state index contributed by atoms with van der Waals surface area (Å²) in [7, 11) is 0. The minimum atomic E-state index is -2.62. The molecule has 1 amide bonds. The molecule has 0 radical (unpaired) electrons. The summed E-state index contributed by atoms with van der Waals surface area (Å²) >= 11 is 0. The molecule has 1 saturated carbocycles. The third-order valence-electron chi connectivity index (χ3n) is 3.17. The first-order valence-corrected chi connectivity index (χ1v) is 5.25. The first-order valence-electron chi connectivity index (χ1n) is 5.25. The number of hydrogen-bond donors (Lipinski definition) is 1. The van der Waals surface area contributed by atoms with Gasteiger partial charge < -0.3 is 5.32 Å². The summed E-state index contributed by atoms with van der Waals surface area (Å²) in [6, 6.07) is 0. The van der Waals surface area contributed by atoms with Gasteiger partial charge in [0.1, 0.15) is 11.4 Å². The molecule has 1 N–H and O–H groups in total. The van der Waals surface area contributed by atoms with Crippen molar-refractivity contribution in [2.45, 2.75) is 50.5 Å². The number of hydrogen-bond acceptors (Lipinski definition) is 2. The Morgan fingerprint density at radius 3 is 2.40 bits per heavy atom. The highest BCUT2D eigenvalue weighted by Crippen LogP contribution is 2.42. The number of alkyl halides is 2. The average molecular weight is 216 g/mol. The fourth-order valence-corrected chi connectivity index (χ4v) is 2.12. The highest BCUT2D eigenvalue weighted by molar-refractivity contribution is 6.08. The molecule has 5 heteroatoms. The maximum atomic E-state index is 13.0. The Kier molecular flexibility index (Phi) is 2.28. The number of amidine groups is 1. The average Bonchev–Trinajstić information content (AvgIpc) is 2.50. The Morgan fingerprint density at radius 1 is 1.33 bits per heavy atom. The van der Waals surface area contributed by atoms with Crippen molar-refractivity contribution in [3.8, 4) is 0 Å². The van der Waals surface area contributed by atoms with Crippen LogP contribution in [-0.2, 0) is 4.79 Å². The molecule has 0 aromatic heterocycles. The minimum absolute atomic E-state index is 0.162. The molecule has 1 aliphatic carbocycles. The van der Waals surface area contributed by atoms with Crippen molar-refractivity contribution >= 4 is 11.7 Å². The molecule has 1 heterocycles. The van der Waals surface area contributed by atoms with Crippen LogP contribution in [0.3, 0.4) is 0 Å². The number of nitrogens with one attached hydrogen (secondary N) is 1. The molecular weight excluding hydrogens is 202 g/mol. The molecule has 15 heavy (non-hydrogen) atoms. The molecule has 0 aromatic rings. The molecule has 0 aromatic carbocycles. The van der Waals surface area contributed by atoms with E-state index in [1.165, 1.54) is 0 Å². The van der Waals surface area contributed by atoms with Gasteiger partial charge in [-0.1, -0.05) is 6.92 Å². The molecule has 0 atom stereocenters. The van der Waals surface area contributed by atoms with Gasteiger partial charge in [0.05, 0.1) is 0 Å². The van der Waals surface area contributed by atoms with Gasteiger partial charge in [0, 0.05) is 19.3 Å². The second-order valence-electron chi connectivity index (χ2n) is 4.25. The molecule has 0 unspecified atom stereocenters. The van der Waals surface area contributed by atoms with E-state index in [0.717, 1.165) is 0 Å². The van der Waals surface area contributed by atoms with Gasteiger partial charge in [0.25, 0.3) is 5.91 Å². The number of rotatable bonds is 1. The van der Waals surface area contributed by atoms with E-state index in [2.05, 4.69) is 10.3 Å². The van der Waals surface area contributed by atoms with Crippen LogP contribution in [0.5, 0.6) is 0 Å². The van der Waals surface area contributed by atoms with Crippen LogP contribution in [0.15, 0.2) is 4.99 Å². The van der Waals surface area contributed by atoms with E-state index in [0.29, 0.717) is 12.3 Å². The number of halogens is 2. The van der Waals surface area contributed by atoms with Crippen LogP contribution in [0.25, 0.3) is 0 Å². The lowest BCUT2D eigenvalue weighted by Gasteiger charge is -2.32. The number of carbonyl (C=O) groups excluding carboxylic acids is 1. The van der Waals surface area contributed by atoms with Crippen LogP contribution in [-0.4, -0.2) is 23.2 Å². The summed E-state index contributed by atoms with van der Waals surface area (Å²) in [5.41, 5.74) is -0.882. The molecule has 2 aliphatic rings. The van der Waals surface area contributed by atoms with Crippen molar-refractivity contribution in [3.63, 3.8) is 0 Å². The Labute approximate surface area is 86.9 Å². The number of nitrogens with zero attached hydrogens (tertiary/aromatic N) is 1. The lowest BCUT2D eigenvalue weighted by Crippen LogP contribution is -2.44. The van der Waals surface area contributed by atoms with Crippen LogP contribution in [0, 0.1) is 0 Å². The van der Waals surface area contributed by atoms with Crippen LogP contribution >= 0.6 is 0 Å². The van der Waals surface area contributed by atoms with E-state index in [1.54, 1.807) is 0 Å². The summed E-state index contributed by atoms with van der Waals surface area (Å²) < 4.78 is 25.9. The van der Waals surface area contributed by atoms with E-state index < -0.39 is 11.5 Å². The highest BCUT2D eigenvalue weighted by Gasteiger charge is 2.50. The van der Waals surface area contributed by atoms with E-state index in [1.807, 2.05) is 6.92 Å². The Balaban J connectivity index is 2.16. The predicted octanol–water partition coefficient (Wildman–Crippen LogP) is 1.87.